The van der Waals surface area contributed by atoms with E-state index in [0.29, 0.717) is 0 Å². The van der Waals surface area contributed by atoms with Crippen molar-refractivity contribution in [2.24, 2.45) is 0 Å². The molecule has 0 spiro atoms. The number of hydrogen-bond acceptors (Lipinski definition) is 6. The maximum Gasteiger partial charge on any atom is 0.335 e. The molecule has 1 aromatic rings. The molecule has 0 aliphatic carbocycles. The molecular weight excluding hydrogens is 224 g/mol. The van der Waals surface area contributed by atoms with Crippen molar-refractivity contribution in [3.05, 3.63) is 29.3 Å². The Balaban J connectivity index is 3.08. The van der Waals surface area contributed by atoms with E-state index in [4.69, 9.17) is 15.5 Å². The summed E-state index contributed by atoms with van der Waals surface area (Å²) < 4.78 is 0. The highest BCUT2D eigenvalue weighted by molar-refractivity contribution is 5.94. The summed E-state index contributed by atoms with van der Waals surface area (Å²) in [6, 6.07) is 2.93. The van der Waals surface area contributed by atoms with Crippen molar-refractivity contribution >= 4 is 11.9 Å². The minimum Gasteiger partial charge on any atom is -0.478 e. The van der Waals surface area contributed by atoms with Crippen LogP contribution in [-0.2, 0) is 10.1 Å². The third kappa shape index (κ3) is 2.92. The average Bonchev–Trinajstić information content (AvgIpc) is 2.25. The van der Waals surface area contributed by atoms with Crippen molar-refractivity contribution in [2.75, 3.05) is 0 Å². The molecule has 0 bridgehead atoms. The Kier molecular flexibility index (Phi) is 3.78. The van der Waals surface area contributed by atoms with E-state index >= 15 is 0 Å². The largest absolute Gasteiger partial charge is 0.478 e. The number of carboxylic acid groups (broad SMARTS) is 2. The van der Waals surface area contributed by atoms with E-state index in [1.165, 1.54) is 0 Å². The molecule has 0 atom stereocenters. The second kappa shape index (κ2) is 5.07. The van der Waals surface area contributed by atoms with Gasteiger partial charge in [0.15, 0.2) is 5.75 Å². The lowest BCUT2D eigenvalue weighted by atomic mass is 10.1. The van der Waals surface area contributed by atoms with Gasteiger partial charge in [-0.3, -0.25) is 0 Å². The summed E-state index contributed by atoms with van der Waals surface area (Å²) in [6.45, 7) is 0. The second-order valence-electron chi connectivity index (χ2n) is 2.58. The van der Waals surface area contributed by atoms with Crippen molar-refractivity contribution < 1.29 is 40.0 Å². The van der Waals surface area contributed by atoms with Crippen molar-refractivity contribution in [1.29, 1.82) is 0 Å². The van der Waals surface area contributed by atoms with Crippen LogP contribution in [0.25, 0.3) is 0 Å². The number of benzene rings is 1. The first-order valence-corrected chi connectivity index (χ1v) is 3.81. The Morgan fingerprint density at radius 2 is 1.50 bits per heavy atom. The summed E-state index contributed by atoms with van der Waals surface area (Å²) in [4.78, 5) is 25.5. The average molecular weight is 230 g/mol. The normalized spacial score (nSPS) is 9.81. The fourth-order valence-corrected chi connectivity index (χ4v) is 0.949. The van der Waals surface area contributed by atoms with Crippen LogP contribution >= 0.6 is 0 Å². The van der Waals surface area contributed by atoms with Gasteiger partial charge in [0.05, 0.1) is 11.1 Å². The van der Waals surface area contributed by atoms with E-state index in [0.717, 1.165) is 18.2 Å². The summed E-state index contributed by atoms with van der Waals surface area (Å²) in [7, 11) is 0. The first-order valence-electron chi connectivity index (χ1n) is 3.81. The molecule has 0 heterocycles. The Bertz CT molecular complexity index is 380. The maximum absolute atomic E-state index is 10.6. The summed E-state index contributed by atoms with van der Waals surface area (Å²) in [6.07, 6.45) is 0. The molecule has 86 valence electrons. The van der Waals surface area contributed by atoms with Crippen LogP contribution in [0, 0.1) is 0 Å². The van der Waals surface area contributed by atoms with Gasteiger partial charge in [0, 0.05) is 5.04 Å². The van der Waals surface area contributed by atoms with Crippen LogP contribution in [0.4, 0.5) is 0 Å². The number of carboxylic acids is 2. The minimum atomic E-state index is -1.34. The van der Waals surface area contributed by atoms with Gasteiger partial charge in [0.1, 0.15) is 0 Å². The standard InChI is InChI=1S/C8H6O8/c9-7(10)4-1-5(8(11)12)3-6(2-4)14-16-15-13/h1-3,13H,(H,9,10)(H,11,12). The van der Waals surface area contributed by atoms with Crippen molar-refractivity contribution in [1.82, 2.24) is 0 Å². The van der Waals surface area contributed by atoms with Crippen LogP contribution in [0.3, 0.4) is 0 Å². The predicted octanol–water partition coefficient (Wildman–Crippen LogP) is 0.798. The quantitative estimate of drug-likeness (QED) is 0.501. The zero-order chi connectivity index (χ0) is 12.1. The predicted molar refractivity (Wildman–Crippen MR) is 45.8 cm³/mol. The van der Waals surface area contributed by atoms with Crippen LogP contribution in [0.15, 0.2) is 18.2 Å². The van der Waals surface area contributed by atoms with Gasteiger partial charge in [-0.2, -0.15) is 0 Å². The van der Waals surface area contributed by atoms with Crippen LogP contribution in [0.5, 0.6) is 5.75 Å². The molecule has 1 aromatic carbocycles. The third-order valence-corrected chi connectivity index (χ3v) is 1.56. The van der Waals surface area contributed by atoms with Gasteiger partial charge >= 0.3 is 11.9 Å². The molecule has 0 amide bonds. The van der Waals surface area contributed by atoms with Gasteiger partial charge in [0.2, 0.25) is 0 Å². The molecule has 0 fully saturated rings. The molecule has 0 aromatic heterocycles. The Morgan fingerprint density at radius 3 is 1.88 bits per heavy atom. The van der Waals surface area contributed by atoms with E-state index in [1.54, 1.807) is 0 Å². The molecule has 0 unspecified atom stereocenters. The first-order chi connectivity index (χ1) is 7.54. The summed E-state index contributed by atoms with van der Waals surface area (Å²) >= 11 is 0. The van der Waals surface area contributed by atoms with Crippen LogP contribution < -0.4 is 4.89 Å². The van der Waals surface area contributed by atoms with Crippen molar-refractivity contribution in [3.63, 3.8) is 0 Å². The first kappa shape index (κ1) is 11.9. The van der Waals surface area contributed by atoms with Crippen LogP contribution in [0.1, 0.15) is 20.7 Å². The van der Waals surface area contributed by atoms with E-state index in [1.807, 2.05) is 0 Å². The lowest BCUT2D eigenvalue weighted by Gasteiger charge is -2.03. The molecule has 3 N–H and O–H groups in total. The summed E-state index contributed by atoms with van der Waals surface area (Å²) in [5.41, 5.74) is -0.618. The van der Waals surface area contributed by atoms with Crippen molar-refractivity contribution in [3.8, 4) is 5.75 Å². The van der Waals surface area contributed by atoms with Gasteiger partial charge in [-0.15, -0.1) is 0 Å². The zero-order valence-corrected chi connectivity index (χ0v) is 7.61. The molecule has 0 radical (unpaired) electrons. The SMILES string of the molecule is O=C(O)c1cc(OOOO)cc(C(=O)O)c1. The monoisotopic (exact) mass is 230 g/mol. The summed E-state index contributed by atoms with van der Waals surface area (Å²) in [5.74, 6) is -2.91. The lowest BCUT2D eigenvalue weighted by Crippen LogP contribution is -2.04. The third-order valence-electron chi connectivity index (χ3n) is 1.56. The molecule has 0 saturated heterocycles. The molecular formula is C8H6O8. The molecule has 0 aliphatic rings. The van der Waals surface area contributed by atoms with Crippen molar-refractivity contribution in [2.45, 2.75) is 0 Å². The highest BCUT2D eigenvalue weighted by Gasteiger charge is 2.12. The van der Waals surface area contributed by atoms with E-state index < -0.39 is 11.9 Å². The number of rotatable bonds is 5. The van der Waals surface area contributed by atoms with E-state index in [2.05, 4.69) is 15.0 Å². The highest BCUT2D eigenvalue weighted by Crippen LogP contribution is 2.18. The van der Waals surface area contributed by atoms with Gasteiger partial charge in [-0.05, 0) is 23.2 Å². The number of aromatic carboxylic acids is 2. The molecule has 8 heteroatoms. The number of hydrogen-bond donors (Lipinski definition) is 3. The van der Waals surface area contributed by atoms with Gasteiger partial charge in [0.25, 0.3) is 0 Å². The fraction of sp³-hybridized carbons (Fsp3) is 0. The van der Waals surface area contributed by atoms with Crippen LogP contribution in [-0.4, -0.2) is 27.4 Å². The maximum atomic E-state index is 10.6. The van der Waals surface area contributed by atoms with Gasteiger partial charge < -0.3 is 15.1 Å². The topological polar surface area (TPSA) is 123 Å². The second-order valence-corrected chi connectivity index (χ2v) is 2.58. The Hall–Kier alpha value is -2.16. The minimum absolute atomic E-state index is 0.244. The summed E-state index contributed by atoms with van der Waals surface area (Å²) in [5, 5.41) is 31.9. The fourth-order valence-electron chi connectivity index (χ4n) is 0.949. The van der Waals surface area contributed by atoms with E-state index in [9.17, 15) is 9.59 Å². The lowest BCUT2D eigenvalue weighted by molar-refractivity contribution is -0.594. The Morgan fingerprint density at radius 1 is 1.00 bits per heavy atom. The Labute approximate surface area is 88.0 Å². The van der Waals surface area contributed by atoms with Crippen LogP contribution in [0.2, 0.25) is 0 Å². The molecule has 8 nitrogen and oxygen atoms in total. The molecule has 16 heavy (non-hydrogen) atoms. The van der Waals surface area contributed by atoms with Gasteiger partial charge in [-0.1, -0.05) is 0 Å². The number of carbonyl (C=O) groups is 2. The highest BCUT2D eigenvalue weighted by atomic mass is 17.6. The molecule has 0 saturated carbocycles. The molecule has 0 aliphatic heterocycles. The van der Waals surface area contributed by atoms with Gasteiger partial charge in [-0.25, -0.2) is 14.8 Å². The smallest absolute Gasteiger partial charge is 0.335 e. The van der Waals surface area contributed by atoms with E-state index in [-0.39, 0.29) is 16.9 Å². The molecule has 1 rings (SSSR count). The zero-order valence-electron chi connectivity index (χ0n) is 7.61.